The van der Waals surface area contributed by atoms with Crippen LogP contribution in [0.3, 0.4) is 0 Å². The van der Waals surface area contributed by atoms with Crippen molar-refractivity contribution in [1.82, 2.24) is 20.0 Å². The predicted molar refractivity (Wildman–Crippen MR) is 187 cm³/mol. The van der Waals surface area contributed by atoms with Crippen molar-refractivity contribution in [2.24, 2.45) is 17.8 Å². The van der Waals surface area contributed by atoms with E-state index in [0.717, 1.165) is 13.1 Å². The number of morpholine rings is 1. The first-order chi connectivity index (χ1) is 24.2. The van der Waals surface area contributed by atoms with Gasteiger partial charge in [0.05, 0.1) is 50.3 Å². The highest BCUT2D eigenvalue weighted by Gasteiger charge is 2.76. The Kier molecular flexibility index (Phi) is 12.9. The Hall–Kier alpha value is -3.58. The van der Waals surface area contributed by atoms with Gasteiger partial charge in [-0.05, 0) is 30.7 Å². The van der Waals surface area contributed by atoms with E-state index < -0.39 is 47.7 Å². The largest absolute Gasteiger partial charge is 0.455 e. The first kappa shape index (κ1) is 37.7. The molecule has 12 nitrogen and oxygen atoms in total. The SMILES string of the molecule is C=CCCC(=O)NC[C@@H](OC(=O)[C@@H]1[C@@H]2CC[C@]3(O2)[C@H](C(=O)N(CC=C)CCN2CCOCC2)N([C@@H](CO)[C@@H](C)CC)C(=O)[C@@H]13)c1ccccc1. The molecule has 4 aliphatic heterocycles. The molecule has 0 aromatic heterocycles. The summed E-state index contributed by atoms with van der Waals surface area (Å²) in [6, 6.07) is 7.50. The van der Waals surface area contributed by atoms with E-state index in [0.29, 0.717) is 57.6 Å². The Morgan fingerprint density at radius 1 is 1.18 bits per heavy atom. The molecule has 8 atom stereocenters. The molecule has 0 radical (unpaired) electrons. The molecule has 1 aromatic carbocycles. The molecule has 2 N–H and O–H groups in total. The zero-order valence-corrected chi connectivity index (χ0v) is 29.5. The quantitative estimate of drug-likeness (QED) is 0.175. The van der Waals surface area contributed by atoms with E-state index in [1.807, 2.05) is 44.2 Å². The lowest BCUT2D eigenvalue weighted by atomic mass is 9.70. The van der Waals surface area contributed by atoms with Crippen molar-refractivity contribution in [2.75, 3.05) is 59.1 Å². The fraction of sp³-hybridized carbons (Fsp3) is 0.632. The number of nitrogens with one attached hydrogen (secondary N) is 1. The summed E-state index contributed by atoms with van der Waals surface area (Å²) >= 11 is 0. The van der Waals surface area contributed by atoms with Crippen molar-refractivity contribution in [1.29, 1.82) is 0 Å². The van der Waals surface area contributed by atoms with E-state index in [1.165, 1.54) is 0 Å². The molecule has 50 heavy (non-hydrogen) atoms. The summed E-state index contributed by atoms with van der Waals surface area (Å²) in [6.45, 7) is 15.4. The van der Waals surface area contributed by atoms with Gasteiger partial charge in [0, 0.05) is 39.1 Å². The molecule has 0 saturated carbocycles. The van der Waals surface area contributed by atoms with Crippen molar-refractivity contribution in [2.45, 2.75) is 75.8 Å². The van der Waals surface area contributed by atoms with E-state index in [4.69, 9.17) is 14.2 Å². The van der Waals surface area contributed by atoms with Crippen molar-refractivity contribution >= 4 is 23.7 Å². The first-order valence-electron chi connectivity index (χ1n) is 18.1. The second-order valence-corrected chi connectivity index (χ2v) is 13.9. The zero-order valence-electron chi connectivity index (χ0n) is 29.5. The number of carbonyl (C=O) groups is 4. The lowest BCUT2D eigenvalue weighted by Crippen LogP contribution is -2.60. The number of hydrogen-bond donors (Lipinski definition) is 2. The van der Waals surface area contributed by atoms with Crippen LogP contribution in [0.25, 0.3) is 0 Å². The molecular formula is C38H54N4O8. The molecule has 2 bridgehead atoms. The monoisotopic (exact) mass is 694 g/mol. The number of esters is 1. The number of aliphatic hydroxyl groups is 1. The van der Waals surface area contributed by atoms with Crippen molar-refractivity contribution in [3.63, 3.8) is 0 Å². The van der Waals surface area contributed by atoms with E-state index >= 15 is 0 Å². The van der Waals surface area contributed by atoms with Gasteiger partial charge in [-0.1, -0.05) is 62.8 Å². The van der Waals surface area contributed by atoms with E-state index in [2.05, 4.69) is 23.4 Å². The predicted octanol–water partition coefficient (Wildman–Crippen LogP) is 2.48. The summed E-state index contributed by atoms with van der Waals surface area (Å²) in [6.07, 6.45) is 4.31. The summed E-state index contributed by atoms with van der Waals surface area (Å²) in [5.74, 6) is -3.45. The van der Waals surface area contributed by atoms with Crippen LogP contribution in [0.2, 0.25) is 0 Å². The van der Waals surface area contributed by atoms with Gasteiger partial charge in [-0.3, -0.25) is 24.1 Å². The average molecular weight is 695 g/mol. The van der Waals surface area contributed by atoms with Crippen LogP contribution in [0.4, 0.5) is 0 Å². The maximum absolute atomic E-state index is 14.8. The minimum atomic E-state index is -1.25. The highest BCUT2D eigenvalue weighted by Crippen LogP contribution is 2.59. The molecule has 4 fully saturated rings. The normalized spacial score (nSPS) is 27.7. The van der Waals surface area contributed by atoms with Crippen LogP contribution in [0, 0.1) is 17.8 Å². The second-order valence-electron chi connectivity index (χ2n) is 13.9. The number of hydrogen-bond acceptors (Lipinski definition) is 9. The lowest BCUT2D eigenvalue weighted by molar-refractivity contribution is -0.161. The maximum atomic E-state index is 14.8. The van der Waals surface area contributed by atoms with E-state index in [-0.39, 0.29) is 49.8 Å². The molecule has 5 rings (SSSR count). The summed E-state index contributed by atoms with van der Waals surface area (Å²) in [7, 11) is 0. The smallest absolute Gasteiger partial charge is 0.313 e. The molecular weight excluding hydrogens is 640 g/mol. The molecule has 4 heterocycles. The van der Waals surface area contributed by atoms with Gasteiger partial charge >= 0.3 is 5.97 Å². The first-order valence-corrected chi connectivity index (χ1v) is 18.1. The van der Waals surface area contributed by atoms with Gasteiger partial charge in [-0.15, -0.1) is 13.2 Å². The number of nitrogens with zero attached hydrogens (tertiary/aromatic N) is 3. The fourth-order valence-electron chi connectivity index (χ4n) is 8.16. The molecule has 1 spiro atoms. The van der Waals surface area contributed by atoms with Crippen molar-refractivity contribution in [3.05, 3.63) is 61.2 Å². The maximum Gasteiger partial charge on any atom is 0.313 e. The number of fused-ring (bicyclic) bond motifs is 1. The van der Waals surface area contributed by atoms with Gasteiger partial charge in [0.2, 0.25) is 17.7 Å². The third-order valence-corrected chi connectivity index (χ3v) is 11.0. The number of likely N-dealkylation sites (tertiary alicyclic amines) is 1. The highest BCUT2D eigenvalue weighted by atomic mass is 16.6. The fourth-order valence-corrected chi connectivity index (χ4v) is 8.16. The molecule has 3 amide bonds. The van der Waals surface area contributed by atoms with Gasteiger partial charge in [0.1, 0.15) is 17.7 Å². The van der Waals surface area contributed by atoms with Gasteiger partial charge < -0.3 is 34.4 Å². The highest BCUT2D eigenvalue weighted by molar-refractivity contribution is 5.98. The number of ether oxygens (including phenoxy) is 3. The zero-order chi connectivity index (χ0) is 35.8. The molecule has 0 unspecified atom stereocenters. The van der Waals surface area contributed by atoms with Crippen LogP contribution >= 0.6 is 0 Å². The number of rotatable bonds is 18. The Labute approximate surface area is 295 Å². The van der Waals surface area contributed by atoms with Gasteiger partial charge in [-0.25, -0.2) is 0 Å². The van der Waals surface area contributed by atoms with Gasteiger partial charge in [0.15, 0.2) is 0 Å². The number of benzene rings is 1. The van der Waals surface area contributed by atoms with Gasteiger partial charge in [-0.2, -0.15) is 0 Å². The lowest BCUT2D eigenvalue weighted by Gasteiger charge is -2.41. The third kappa shape index (κ3) is 7.68. The topological polar surface area (TPSA) is 138 Å². The number of amides is 3. The van der Waals surface area contributed by atoms with Crippen LogP contribution < -0.4 is 5.32 Å². The van der Waals surface area contributed by atoms with Crippen LogP contribution in [0.5, 0.6) is 0 Å². The van der Waals surface area contributed by atoms with Crippen molar-refractivity contribution in [3.8, 4) is 0 Å². The number of carbonyl (C=O) groups excluding carboxylic acids is 4. The molecule has 274 valence electrons. The van der Waals surface area contributed by atoms with Crippen LogP contribution in [-0.4, -0.2) is 126 Å². The molecule has 1 aromatic rings. The minimum Gasteiger partial charge on any atom is -0.455 e. The van der Waals surface area contributed by atoms with Gasteiger partial charge in [0.25, 0.3) is 0 Å². The number of allylic oxidation sites excluding steroid dienone is 1. The molecule has 12 heteroatoms. The Morgan fingerprint density at radius 2 is 1.92 bits per heavy atom. The third-order valence-electron chi connectivity index (χ3n) is 11.0. The van der Waals surface area contributed by atoms with E-state index in [1.54, 1.807) is 22.0 Å². The van der Waals surface area contributed by atoms with Crippen LogP contribution in [-0.2, 0) is 33.4 Å². The van der Waals surface area contributed by atoms with E-state index in [9.17, 15) is 24.3 Å². The molecule has 0 aliphatic carbocycles. The average Bonchev–Trinajstić information content (AvgIpc) is 3.79. The Balaban J connectivity index is 1.44. The summed E-state index contributed by atoms with van der Waals surface area (Å²) in [4.78, 5) is 61.8. The number of aliphatic hydroxyl groups excluding tert-OH is 1. The summed E-state index contributed by atoms with van der Waals surface area (Å²) in [5.41, 5.74) is -0.545. The van der Waals surface area contributed by atoms with Crippen LogP contribution in [0.1, 0.15) is 57.6 Å². The summed E-state index contributed by atoms with van der Waals surface area (Å²) < 4.78 is 18.3. The minimum absolute atomic E-state index is 0.0568. The van der Waals surface area contributed by atoms with Crippen molar-refractivity contribution < 1.29 is 38.5 Å². The Bertz CT molecular complexity index is 1370. The van der Waals surface area contributed by atoms with Crippen LogP contribution in [0.15, 0.2) is 55.6 Å². The molecule has 4 aliphatic rings. The standard InChI is InChI=1S/C38H54N4O8/c1-5-8-14-31(44)39-24-30(27-12-10-9-11-13-27)49-37(47)32-29-15-16-38(50-29)33(32)35(45)42(28(25-43)26(4)7-3)34(38)36(46)41(17-6-2)19-18-40-20-22-48-23-21-40/h5-6,9-13,26,28-30,32-34,43H,1-2,7-8,14-25H2,3-4H3,(H,39,44)/t26-,28-,29-,30+,32+,33+,34-,38+/m0/s1. The molecule has 4 saturated heterocycles. The Morgan fingerprint density at radius 3 is 2.58 bits per heavy atom. The summed E-state index contributed by atoms with van der Waals surface area (Å²) in [5, 5.41) is 13.6. The second kappa shape index (κ2) is 17.1.